The predicted molar refractivity (Wildman–Crippen MR) is 116 cm³/mol. The van der Waals surface area contributed by atoms with Crippen molar-refractivity contribution in [2.24, 2.45) is 16.6 Å². The monoisotopic (exact) mass is 369 g/mol. The molecule has 0 aliphatic carbocycles. The Balaban J connectivity index is 4.05. The van der Waals surface area contributed by atoms with Crippen LogP contribution < -0.4 is 11.1 Å². The molecule has 0 aromatic carbocycles. The Morgan fingerprint density at radius 2 is 1.31 bits per heavy atom. The molecule has 156 valence electrons. The second-order valence-corrected chi connectivity index (χ2v) is 7.71. The number of aliphatic hydroxyl groups is 1. The summed E-state index contributed by atoms with van der Waals surface area (Å²) in [5, 5.41) is 11.9. The van der Waals surface area contributed by atoms with Gasteiger partial charge in [-0.25, -0.2) is 0 Å². The minimum absolute atomic E-state index is 0.193. The molecule has 0 saturated heterocycles. The number of nitrogens with zero attached hydrogens (tertiary/aromatic N) is 1. The minimum Gasteiger partial charge on any atom is -0.396 e. The Hall–Kier alpha value is -0.770. The molecule has 26 heavy (non-hydrogen) atoms. The summed E-state index contributed by atoms with van der Waals surface area (Å²) >= 11 is 0. The van der Waals surface area contributed by atoms with Crippen LogP contribution in [0.3, 0.4) is 0 Å². The largest absolute Gasteiger partial charge is 0.396 e. The molecule has 0 aromatic heterocycles. The van der Waals surface area contributed by atoms with Gasteiger partial charge in [0.25, 0.3) is 0 Å². The molecule has 1 unspecified atom stereocenters. The molecule has 4 nitrogen and oxygen atoms in total. The predicted octanol–water partition coefficient (Wildman–Crippen LogP) is 5.39. The van der Waals surface area contributed by atoms with Crippen LogP contribution in [0.4, 0.5) is 0 Å². The van der Waals surface area contributed by atoms with Gasteiger partial charge in [0.15, 0.2) is 5.96 Å². The van der Waals surface area contributed by atoms with Gasteiger partial charge in [-0.1, -0.05) is 90.9 Å². The molecule has 0 spiro atoms. The third-order valence-corrected chi connectivity index (χ3v) is 5.09. The van der Waals surface area contributed by atoms with Crippen LogP contribution in [0.5, 0.6) is 0 Å². The van der Waals surface area contributed by atoms with E-state index >= 15 is 0 Å². The molecule has 1 atom stereocenters. The quantitative estimate of drug-likeness (QED) is 0.162. The first kappa shape index (κ1) is 25.2. The van der Waals surface area contributed by atoms with Gasteiger partial charge in [0.05, 0.1) is 0 Å². The van der Waals surface area contributed by atoms with Gasteiger partial charge in [0, 0.05) is 19.7 Å². The summed E-state index contributed by atoms with van der Waals surface area (Å²) < 4.78 is 0. The third-order valence-electron chi connectivity index (χ3n) is 5.09. The third kappa shape index (κ3) is 18.0. The number of aliphatic imine (C=N–C) groups is 1. The molecule has 0 aliphatic heterocycles. The lowest BCUT2D eigenvalue weighted by Gasteiger charge is -2.15. The van der Waals surface area contributed by atoms with E-state index in [-0.39, 0.29) is 6.61 Å². The highest BCUT2D eigenvalue weighted by molar-refractivity contribution is 5.77. The summed E-state index contributed by atoms with van der Waals surface area (Å²) in [6, 6.07) is 0. The Morgan fingerprint density at radius 1 is 0.808 bits per heavy atom. The summed E-state index contributed by atoms with van der Waals surface area (Å²) in [4.78, 5) is 4.55. The van der Waals surface area contributed by atoms with Crippen molar-refractivity contribution in [3.63, 3.8) is 0 Å². The molecule has 0 amide bonds. The van der Waals surface area contributed by atoms with E-state index in [1.165, 1.54) is 89.9 Å². The summed E-state index contributed by atoms with van der Waals surface area (Å²) in [6.07, 6.45) is 19.6. The summed E-state index contributed by atoms with van der Waals surface area (Å²) in [5.41, 5.74) is 5.94. The van der Waals surface area contributed by atoms with Crippen LogP contribution >= 0.6 is 0 Å². The average Bonchev–Trinajstić information content (AvgIpc) is 2.64. The number of unbranched alkanes of at least 4 members (excludes halogenated alkanes) is 10. The van der Waals surface area contributed by atoms with Gasteiger partial charge in [-0.2, -0.15) is 0 Å². The fraction of sp³-hybridized carbons (Fsp3) is 0.955. The van der Waals surface area contributed by atoms with Gasteiger partial charge in [-0.15, -0.1) is 0 Å². The van der Waals surface area contributed by atoms with E-state index < -0.39 is 0 Å². The number of hydrogen-bond acceptors (Lipinski definition) is 2. The zero-order chi connectivity index (χ0) is 19.3. The molecule has 0 aliphatic rings. The molecule has 0 fully saturated rings. The Labute approximate surface area is 163 Å². The first-order valence-corrected chi connectivity index (χ1v) is 11.4. The lowest BCUT2D eigenvalue weighted by molar-refractivity contribution is 0.289. The van der Waals surface area contributed by atoms with Crippen LogP contribution in [0.25, 0.3) is 0 Å². The molecular weight excluding hydrogens is 322 g/mol. The Kier molecular flexibility index (Phi) is 19.9. The van der Waals surface area contributed by atoms with Crippen molar-refractivity contribution in [2.75, 3.05) is 19.7 Å². The van der Waals surface area contributed by atoms with Crippen LogP contribution in [-0.4, -0.2) is 30.8 Å². The number of aliphatic hydroxyl groups excluding tert-OH is 1. The van der Waals surface area contributed by atoms with Gasteiger partial charge < -0.3 is 16.2 Å². The molecule has 0 radical (unpaired) electrons. The van der Waals surface area contributed by atoms with E-state index in [9.17, 15) is 0 Å². The average molecular weight is 370 g/mol. The van der Waals surface area contributed by atoms with E-state index in [1.54, 1.807) is 0 Å². The SMILES string of the molecule is CCCCCCCCCC(CCCCCCC)CN=C(N)NCCCO. The maximum absolute atomic E-state index is 8.82. The van der Waals surface area contributed by atoms with Gasteiger partial charge in [-0.05, 0) is 25.2 Å². The van der Waals surface area contributed by atoms with E-state index in [1.807, 2.05) is 0 Å². The summed E-state index contributed by atoms with van der Waals surface area (Å²) in [5.74, 6) is 1.21. The van der Waals surface area contributed by atoms with Gasteiger partial charge in [0.1, 0.15) is 0 Å². The van der Waals surface area contributed by atoms with Crippen molar-refractivity contribution in [3.8, 4) is 0 Å². The van der Waals surface area contributed by atoms with Crippen LogP contribution in [0.2, 0.25) is 0 Å². The molecule has 0 rings (SSSR count). The highest BCUT2D eigenvalue weighted by atomic mass is 16.3. The van der Waals surface area contributed by atoms with E-state index in [0.717, 1.165) is 13.0 Å². The van der Waals surface area contributed by atoms with Gasteiger partial charge in [0.2, 0.25) is 0 Å². The van der Waals surface area contributed by atoms with E-state index in [0.29, 0.717) is 18.4 Å². The normalized spacial score (nSPS) is 13.1. The number of nitrogens with two attached hydrogens (primary N) is 1. The van der Waals surface area contributed by atoms with Gasteiger partial charge in [-0.3, -0.25) is 4.99 Å². The number of hydrogen-bond donors (Lipinski definition) is 3. The Bertz CT molecular complexity index is 308. The van der Waals surface area contributed by atoms with Crippen molar-refractivity contribution in [1.82, 2.24) is 5.32 Å². The van der Waals surface area contributed by atoms with Crippen molar-refractivity contribution in [2.45, 2.75) is 110 Å². The molecule has 0 saturated carbocycles. The zero-order valence-electron chi connectivity index (χ0n) is 17.8. The topological polar surface area (TPSA) is 70.6 Å². The highest BCUT2D eigenvalue weighted by Gasteiger charge is 2.08. The first-order valence-electron chi connectivity index (χ1n) is 11.4. The van der Waals surface area contributed by atoms with E-state index in [2.05, 4.69) is 24.2 Å². The van der Waals surface area contributed by atoms with Crippen molar-refractivity contribution < 1.29 is 5.11 Å². The van der Waals surface area contributed by atoms with E-state index in [4.69, 9.17) is 10.8 Å². The molecule has 0 bridgehead atoms. The number of guanidine groups is 1. The molecular formula is C22H47N3O. The fourth-order valence-corrected chi connectivity index (χ4v) is 3.33. The van der Waals surface area contributed by atoms with Crippen molar-refractivity contribution in [1.29, 1.82) is 0 Å². The van der Waals surface area contributed by atoms with Crippen LogP contribution in [0, 0.1) is 5.92 Å². The lowest BCUT2D eigenvalue weighted by atomic mass is 9.94. The standard InChI is InChI=1S/C22H47N3O/c1-3-5-7-9-10-12-14-17-21(16-13-11-8-6-4-2)20-25-22(23)24-18-15-19-26/h21,26H,3-20H2,1-2H3,(H3,23,24,25). The summed E-state index contributed by atoms with van der Waals surface area (Å²) in [7, 11) is 0. The maximum Gasteiger partial charge on any atom is 0.188 e. The van der Waals surface area contributed by atoms with Crippen LogP contribution in [0.15, 0.2) is 4.99 Å². The number of rotatable bonds is 19. The smallest absolute Gasteiger partial charge is 0.188 e. The lowest BCUT2D eigenvalue weighted by Crippen LogP contribution is -2.33. The second-order valence-electron chi connectivity index (χ2n) is 7.71. The van der Waals surface area contributed by atoms with Crippen molar-refractivity contribution in [3.05, 3.63) is 0 Å². The molecule has 4 N–H and O–H groups in total. The molecule has 0 heterocycles. The van der Waals surface area contributed by atoms with Crippen LogP contribution in [0.1, 0.15) is 110 Å². The molecule has 4 heteroatoms. The second kappa shape index (κ2) is 20.5. The van der Waals surface area contributed by atoms with Crippen molar-refractivity contribution >= 4 is 5.96 Å². The van der Waals surface area contributed by atoms with Gasteiger partial charge >= 0.3 is 0 Å². The van der Waals surface area contributed by atoms with Crippen LogP contribution in [-0.2, 0) is 0 Å². The number of nitrogens with one attached hydrogen (secondary N) is 1. The zero-order valence-corrected chi connectivity index (χ0v) is 17.8. The maximum atomic E-state index is 8.82. The molecule has 0 aromatic rings. The summed E-state index contributed by atoms with van der Waals surface area (Å²) in [6.45, 7) is 6.28. The highest BCUT2D eigenvalue weighted by Crippen LogP contribution is 2.19. The Morgan fingerprint density at radius 3 is 1.81 bits per heavy atom. The minimum atomic E-state index is 0.193. The fourth-order valence-electron chi connectivity index (χ4n) is 3.33. The first-order chi connectivity index (χ1) is 12.7.